The number of nitrogens with two attached hydrogens (primary N) is 1. The van der Waals surface area contributed by atoms with Gasteiger partial charge in [-0.15, -0.1) is 0 Å². The monoisotopic (exact) mass is 259 g/mol. The Kier molecular flexibility index (Phi) is 5.94. The van der Waals surface area contributed by atoms with Crippen LogP contribution in [0, 0.1) is 5.92 Å². The summed E-state index contributed by atoms with van der Waals surface area (Å²) in [6.07, 6.45) is 2.74. The van der Waals surface area contributed by atoms with E-state index in [2.05, 4.69) is 24.0 Å². The van der Waals surface area contributed by atoms with Crippen LogP contribution in [0.5, 0.6) is 0 Å². The summed E-state index contributed by atoms with van der Waals surface area (Å²) in [7, 11) is 1.65. The summed E-state index contributed by atoms with van der Waals surface area (Å²) in [5.74, 6) is 2.36. The Morgan fingerprint density at radius 3 is 2.71 bits per heavy atom. The predicted molar refractivity (Wildman–Crippen MR) is 68.8 cm³/mol. The first-order chi connectivity index (χ1) is 8.10. The summed E-state index contributed by atoms with van der Waals surface area (Å²) in [5, 5.41) is 3.94. The molecule has 0 saturated carbocycles. The van der Waals surface area contributed by atoms with Crippen LogP contribution < -0.4 is 5.73 Å². The third kappa shape index (κ3) is 3.97. The number of hydrogen-bond acceptors (Lipinski definition) is 6. The van der Waals surface area contributed by atoms with Gasteiger partial charge in [-0.05, 0) is 24.3 Å². The van der Waals surface area contributed by atoms with Crippen molar-refractivity contribution in [2.24, 2.45) is 11.7 Å². The summed E-state index contributed by atoms with van der Waals surface area (Å²) in [5.41, 5.74) is 5.96. The molecule has 1 rings (SSSR count). The minimum absolute atomic E-state index is 0.139. The Labute approximate surface area is 106 Å². The van der Waals surface area contributed by atoms with Crippen LogP contribution in [-0.4, -0.2) is 29.3 Å². The molecule has 17 heavy (non-hydrogen) atoms. The third-order valence-electron chi connectivity index (χ3n) is 2.52. The van der Waals surface area contributed by atoms with Gasteiger partial charge in [0.1, 0.15) is 6.10 Å². The van der Waals surface area contributed by atoms with Crippen LogP contribution in [0.2, 0.25) is 0 Å². The van der Waals surface area contributed by atoms with Gasteiger partial charge >= 0.3 is 0 Å². The first-order valence-corrected chi connectivity index (χ1v) is 7.10. The van der Waals surface area contributed by atoms with Crippen LogP contribution in [0.3, 0.4) is 0 Å². The second-order valence-corrected chi connectivity index (χ2v) is 5.26. The molecule has 6 heteroatoms. The van der Waals surface area contributed by atoms with Gasteiger partial charge in [0.2, 0.25) is 11.7 Å². The molecule has 0 radical (unpaired) electrons. The van der Waals surface area contributed by atoms with E-state index < -0.39 is 0 Å². The van der Waals surface area contributed by atoms with Crippen molar-refractivity contribution in [2.75, 3.05) is 19.1 Å². The molecule has 0 aromatic carbocycles. The van der Waals surface area contributed by atoms with Crippen molar-refractivity contribution in [3.05, 3.63) is 11.7 Å². The number of methoxy groups -OCH3 is 1. The number of rotatable bonds is 7. The summed E-state index contributed by atoms with van der Waals surface area (Å²) >= 11 is 1.75. The molecule has 1 aromatic rings. The lowest BCUT2D eigenvalue weighted by atomic mass is 10.1. The van der Waals surface area contributed by atoms with Crippen molar-refractivity contribution in [3.63, 3.8) is 0 Å². The lowest BCUT2D eigenvalue weighted by Crippen LogP contribution is -2.13. The summed E-state index contributed by atoms with van der Waals surface area (Å²) in [6, 6.07) is -0.187. The fraction of sp³-hybridized carbons (Fsp3) is 0.818. The van der Waals surface area contributed by atoms with Gasteiger partial charge in [-0.2, -0.15) is 16.7 Å². The van der Waals surface area contributed by atoms with Gasteiger partial charge < -0.3 is 15.0 Å². The van der Waals surface area contributed by atoms with Gasteiger partial charge in [0, 0.05) is 7.11 Å². The molecular weight excluding hydrogens is 238 g/mol. The van der Waals surface area contributed by atoms with Crippen molar-refractivity contribution in [2.45, 2.75) is 32.4 Å². The van der Waals surface area contributed by atoms with E-state index in [0.29, 0.717) is 17.6 Å². The Morgan fingerprint density at radius 1 is 1.47 bits per heavy atom. The Balaban J connectivity index is 2.69. The first-order valence-electron chi connectivity index (χ1n) is 5.71. The van der Waals surface area contributed by atoms with E-state index in [-0.39, 0.29) is 12.1 Å². The highest BCUT2D eigenvalue weighted by Crippen LogP contribution is 2.24. The molecule has 0 aliphatic rings. The molecule has 0 aliphatic heterocycles. The summed E-state index contributed by atoms with van der Waals surface area (Å²) < 4.78 is 10.5. The van der Waals surface area contributed by atoms with Crippen molar-refractivity contribution in [1.82, 2.24) is 10.1 Å². The van der Waals surface area contributed by atoms with Crippen LogP contribution in [0.25, 0.3) is 0 Å². The maximum Gasteiger partial charge on any atom is 0.243 e. The summed E-state index contributed by atoms with van der Waals surface area (Å²) in [6.45, 7) is 4.11. The quantitative estimate of drug-likeness (QED) is 0.809. The molecule has 0 amide bonds. The largest absolute Gasteiger partial charge is 0.373 e. The third-order valence-corrected chi connectivity index (χ3v) is 3.17. The van der Waals surface area contributed by atoms with E-state index in [1.165, 1.54) is 0 Å². The number of aromatic nitrogens is 2. The minimum Gasteiger partial charge on any atom is -0.373 e. The van der Waals surface area contributed by atoms with Crippen LogP contribution in [-0.2, 0) is 4.74 Å². The van der Waals surface area contributed by atoms with Crippen LogP contribution in [0.4, 0.5) is 0 Å². The summed E-state index contributed by atoms with van der Waals surface area (Å²) in [4.78, 5) is 4.32. The Hall–Kier alpha value is -0.590. The van der Waals surface area contributed by atoms with Gasteiger partial charge in [0.05, 0.1) is 6.04 Å². The fourth-order valence-corrected chi connectivity index (χ4v) is 2.05. The lowest BCUT2D eigenvalue weighted by Gasteiger charge is -2.14. The highest BCUT2D eigenvalue weighted by atomic mass is 32.2. The number of thioether (sulfide) groups is 1. The van der Waals surface area contributed by atoms with Crippen LogP contribution in [0.15, 0.2) is 4.52 Å². The van der Waals surface area contributed by atoms with E-state index in [0.717, 1.165) is 12.2 Å². The normalized spacial score (nSPS) is 15.2. The minimum atomic E-state index is -0.187. The van der Waals surface area contributed by atoms with Gasteiger partial charge in [-0.25, -0.2) is 0 Å². The smallest absolute Gasteiger partial charge is 0.243 e. The molecule has 0 saturated heterocycles. The zero-order valence-corrected chi connectivity index (χ0v) is 11.7. The average Bonchev–Trinajstić information content (AvgIpc) is 2.75. The first kappa shape index (κ1) is 14.5. The van der Waals surface area contributed by atoms with Crippen molar-refractivity contribution < 1.29 is 9.26 Å². The topological polar surface area (TPSA) is 74.2 Å². The van der Waals surface area contributed by atoms with Crippen LogP contribution >= 0.6 is 11.8 Å². The standard InChI is InChI=1S/C11H21N3O2S/c1-7(2)9(15-3)10-13-11(16-14-10)8(12)5-6-17-4/h7-9H,5-6,12H2,1-4H3. The molecule has 5 nitrogen and oxygen atoms in total. The molecule has 98 valence electrons. The SMILES string of the molecule is COC(c1noc(C(N)CCSC)n1)C(C)C. The maximum absolute atomic E-state index is 5.96. The average molecular weight is 259 g/mol. The molecule has 2 N–H and O–H groups in total. The van der Waals surface area contributed by atoms with Gasteiger partial charge in [-0.3, -0.25) is 0 Å². The van der Waals surface area contributed by atoms with E-state index in [9.17, 15) is 0 Å². The van der Waals surface area contributed by atoms with Gasteiger partial charge in [0.25, 0.3) is 0 Å². The molecule has 2 atom stereocenters. The van der Waals surface area contributed by atoms with Crippen molar-refractivity contribution in [3.8, 4) is 0 Å². The maximum atomic E-state index is 5.96. The van der Waals surface area contributed by atoms with Crippen LogP contribution in [0.1, 0.15) is 44.1 Å². The second-order valence-electron chi connectivity index (χ2n) is 4.28. The number of nitrogens with zero attached hydrogens (tertiary/aromatic N) is 2. The lowest BCUT2D eigenvalue weighted by molar-refractivity contribution is 0.0555. The van der Waals surface area contributed by atoms with E-state index in [4.69, 9.17) is 15.0 Å². The highest BCUT2D eigenvalue weighted by molar-refractivity contribution is 7.98. The molecular formula is C11H21N3O2S. The van der Waals surface area contributed by atoms with E-state index in [1.54, 1.807) is 18.9 Å². The predicted octanol–water partition coefficient (Wildman–Crippen LogP) is 2.17. The Bertz CT molecular complexity index is 330. The molecule has 2 unspecified atom stereocenters. The van der Waals surface area contributed by atoms with E-state index in [1.807, 2.05) is 6.26 Å². The van der Waals surface area contributed by atoms with Gasteiger partial charge in [0.15, 0.2) is 0 Å². The number of hydrogen-bond donors (Lipinski definition) is 1. The molecule has 0 spiro atoms. The Morgan fingerprint density at radius 2 is 2.18 bits per heavy atom. The molecule has 0 fully saturated rings. The molecule has 1 aromatic heterocycles. The molecule has 0 bridgehead atoms. The molecule has 0 aliphatic carbocycles. The zero-order valence-electron chi connectivity index (χ0n) is 10.8. The van der Waals surface area contributed by atoms with Crippen molar-refractivity contribution >= 4 is 11.8 Å². The van der Waals surface area contributed by atoms with E-state index >= 15 is 0 Å². The van der Waals surface area contributed by atoms with Crippen molar-refractivity contribution in [1.29, 1.82) is 0 Å². The van der Waals surface area contributed by atoms with Gasteiger partial charge in [-0.1, -0.05) is 19.0 Å². The number of ether oxygens (including phenoxy) is 1. The molecule has 1 heterocycles. The fourth-order valence-electron chi connectivity index (χ4n) is 1.56. The zero-order chi connectivity index (χ0) is 12.8. The second kappa shape index (κ2) is 6.98. The highest BCUT2D eigenvalue weighted by Gasteiger charge is 2.23.